The van der Waals surface area contributed by atoms with Crippen LogP contribution in [0.2, 0.25) is 0 Å². The van der Waals surface area contributed by atoms with E-state index in [9.17, 15) is 9.59 Å². The number of nitrogens with one attached hydrogen (secondary N) is 1. The zero-order chi connectivity index (χ0) is 13.7. The van der Waals surface area contributed by atoms with Crippen molar-refractivity contribution in [3.63, 3.8) is 0 Å². The van der Waals surface area contributed by atoms with Crippen LogP contribution in [0.5, 0.6) is 0 Å². The van der Waals surface area contributed by atoms with Gasteiger partial charge in [-0.05, 0) is 18.4 Å². The number of carboxylic acid groups (broad SMARTS) is 1. The molecule has 0 heterocycles. The van der Waals surface area contributed by atoms with E-state index in [1.54, 1.807) is 4.90 Å². The van der Waals surface area contributed by atoms with Crippen LogP contribution in [-0.4, -0.2) is 34.6 Å². The lowest BCUT2D eigenvalue weighted by Gasteiger charge is -2.22. The molecule has 5 heteroatoms. The lowest BCUT2D eigenvalue weighted by molar-refractivity contribution is -0.137. The number of amides is 2. The van der Waals surface area contributed by atoms with Crippen LogP contribution in [0.4, 0.5) is 4.79 Å². The molecule has 102 valence electrons. The highest BCUT2D eigenvalue weighted by molar-refractivity contribution is 5.76. The van der Waals surface area contributed by atoms with Gasteiger partial charge in [0.25, 0.3) is 0 Å². The normalized spacial score (nSPS) is 13.9. The van der Waals surface area contributed by atoms with Crippen LogP contribution in [-0.2, 0) is 11.3 Å². The molecular formula is C14H18N2O3. The Kier molecular flexibility index (Phi) is 4.39. The Morgan fingerprint density at radius 2 is 1.95 bits per heavy atom. The first-order valence-electron chi connectivity index (χ1n) is 6.47. The quantitative estimate of drug-likeness (QED) is 0.821. The monoisotopic (exact) mass is 262 g/mol. The van der Waals surface area contributed by atoms with Crippen molar-refractivity contribution in [2.24, 2.45) is 0 Å². The number of aliphatic carboxylic acids is 1. The second-order valence-corrected chi connectivity index (χ2v) is 4.71. The number of hydrogen-bond donors (Lipinski definition) is 2. The van der Waals surface area contributed by atoms with E-state index in [-0.39, 0.29) is 25.0 Å². The van der Waals surface area contributed by atoms with E-state index in [0.29, 0.717) is 6.54 Å². The van der Waals surface area contributed by atoms with Gasteiger partial charge < -0.3 is 15.3 Å². The first kappa shape index (κ1) is 13.4. The maximum Gasteiger partial charge on any atom is 0.317 e. The van der Waals surface area contributed by atoms with Crippen molar-refractivity contribution in [1.29, 1.82) is 0 Å². The SMILES string of the molecule is O=C(O)CCN(C(=O)NCc1ccccc1)C1CC1. The van der Waals surface area contributed by atoms with Crippen LogP contribution < -0.4 is 5.32 Å². The number of hydrogen-bond acceptors (Lipinski definition) is 2. The van der Waals surface area contributed by atoms with E-state index in [1.807, 2.05) is 30.3 Å². The van der Waals surface area contributed by atoms with Gasteiger partial charge in [0, 0.05) is 19.1 Å². The minimum atomic E-state index is -0.874. The molecular weight excluding hydrogens is 244 g/mol. The fourth-order valence-electron chi connectivity index (χ4n) is 1.93. The highest BCUT2D eigenvalue weighted by Gasteiger charge is 2.32. The Morgan fingerprint density at radius 1 is 1.26 bits per heavy atom. The average molecular weight is 262 g/mol. The summed E-state index contributed by atoms with van der Waals surface area (Å²) in [6.07, 6.45) is 1.94. The third kappa shape index (κ3) is 4.28. The van der Waals surface area contributed by atoms with Crippen LogP contribution in [0, 0.1) is 0 Å². The second kappa shape index (κ2) is 6.22. The number of carboxylic acids is 1. The summed E-state index contributed by atoms with van der Waals surface area (Å²) in [7, 11) is 0. The minimum absolute atomic E-state index is 0.00471. The number of nitrogens with zero attached hydrogens (tertiary/aromatic N) is 1. The predicted octanol–water partition coefficient (Wildman–Crippen LogP) is 1.84. The van der Waals surface area contributed by atoms with Gasteiger partial charge in [-0.25, -0.2) is 4.79 Å². The fourth-order valence-corrected chi connectivity index (χ4v) is 1.93. The summed E-state index contributed by atoms with van der Waals surface area (Å²) >= 11 is 0. The number of carbonyl (C=O) groups is 2. The molecule has 1 saturated carbocycles. The summed E-state index contributed by atoms with van der Waals surface area (Å²) < 4.78 is 0. The van der Waals surface area contributed by atoms with E-state index in [4.69, 9.17) is 5.11 Å². The van der Waals surface area contributed by atoms with Gasteiger partial charge in [0.2, 0.25) is 0 Å². The molecule has 5 nitrogen and oxygen atoms in total. The molecule has 0 spiro atoms. The van der Waals surface area contributed by atoms with Crippen molar-refractivity contribution >= 4 is 12.0 Å². The molecule has 1 aliphatic carbocycles. The molecule has 19 heavy (non-hydrogen) atoms. The molecule has 2 N–H and O–H groups in total. The zero-order valence-electron chi connectivity index (χ0n) is 10.7. The Morgan fingerprint density at radius 3 is 2.53 bits per heavy atom. The number of benzene rings is 1. The van der Waals surface area contributed by atoms with Gasteiger partial charge >= 0.3 is 12.0 Å². The number of carbonyl (C=O) groups excluding carboxylic acids is 1. The van der Waals surface area contributed by atoms with Crippen LogP contribution in [0.25, 0.3) is 0 Å². The highest BCUT2D eigenvalue weighted by Crippen LogP contribution is 2.26. The molecule has 2 rings (SSSR count). The third-order valence-corrected chi connectivity index (χ3v) is 3.10. The molecule has 0 atom stereocenters. The molecule has 0 bridgehead atoms. The molecule has 0 unspecified atom stereocenters. The molecule has 2 amide bonds. The van der Waals surface area contributed by atoms with Crippen LogP contribution >= 0.6 is 0 Å². The number of urea groups is 1. The van der Waals surface area contributed by atoms with E-state index < -0.39 is 5.97 Å². The van der Waals surface area contributed by atoms with Crippen molar-refractivity contribution in [2.75, 3.05) is 6.54 Å². The molecule has 1 fully saturated rings. The van der Waals surface area contributed by atoms with Crippen LogP contribution in [0.1, 0.15) is 24.8 Å². The summed E-state index contributed by atoms with van der Waals surface area (Å²) in [6.45, 7) is 0.747. The summed E-state index contributed by atoms with van der Waals surface area (Å²) in [4.78, 5) is 24.3. The topological polar surface area (TPSA) is 69.6 Å². The van der Waals surface area contributed by atoms with Crippen molar-refractivity contribution in [3.05, 3.63) is 35.9 Å². The van der Waals surface area contributed by atoms with Crippen molar-refractivity contribution < 1.29 is 14.7 Å². The molecule has 0 aliphatic heterocycles. The van der Waals surface area contributed by atoms with Crippen molar-refractivity contribution in [2.45, 2.75) is 31.8 Å². The smallest absolute Gasteiger partial charge is 0.317 e. The average Bonchev–Trinajstić information content (AvgIpc) is 3.22. The van der Waals surface area contributed by atoms with Crippen LogP contribution in [0.3, 0.4) is 0 Å². The molecule has 0 radical (unpaired) electrons. The van der Waals surface area contributed by atoms with E-state index in [1.165, 1.54) is 0 Å². The Hall–Kier alpha value is -2.04. The van der Waals surface area contributed by atoms with Gasteiger partial charge in [0.05, 0.1) is 6.42 Å². The fraction of sp³-hybridized carbons (Fsp3) is 0.429. The highest BCUT2D eigenvalue weighted by atomic mass is 16.4. The van der Waals surface area contributed by atoms with E-state index in [0.717, 1.165) is 18.4 Å². The first-order chi connectivity index (χ1) is 9.16. The van der Waals surface area contributed by atoms with Gasteiger partial charge in [0.1, 0.15) is 0 Å². The van der Waals surface area contributed by atoms with Crippen molar-refractivity contribution in [1.82, 2.24) is 10.2 Å². The zero-order valence-corrected chi connectivity index (χ0v) is 10.7. The largest absolute Gasteiger partial charge is 0.481 e. The lowest BCUT2D eigenvalue weighted by Crippen LogP contribution is -2.42. The molecule has 0 saturated heterocycles. The molecule has 1 aliphatic rings. The van der Waals surface area contributed by atoms with Crippen molar-refractivity contribution in [3.8, 4) is 0 Å². The van der Waals surface area contributed by atoms with Gasteiger partial charge in [-0.3, -0.25) is 4.79 Å². The maximum absolute atomic E-state index is 12.0. The standard InChI is InChI=1S/C14H18N2O3/c17-13(18)8-9-16(12-6-7-12)14(19)15-10-11-4-2-1-3-5-11/h1-5,12H,6-10H2,(H,15,19)(H,17,18). The third-order valence-electron chi connectivity index (χ3n) is 3.10. The summed E-state index contributed by atoms with van der Waals surface area (Å²) in [5.74, 6) is -0.874. The van der Waals surface area contributed by atoms with Gasteiger partial charge in [-0.15, -0.1) is 0 Å². The number of rotatable bonds is 6. The lowest BCUT2D eigenvalue weighted by atomic mass is 10.2. The molecule has 1 aromatic rings. The van der Waals surface area contributed by atoms with Crippen LogP contribution in [0.15, 0.2) is 30.3 Å². The van der Waals surface area contributed by atoms with E-state index in [2.05, 4.69) is 5.32 Å². The van der Waals surface area contributed by atoms with E-state index >= 15 is 0 Å². The second-order valence-electron chi connectivity index (χ2n) is 4.71. The minimum Gasteiger partial charge on any atom is -0.481 e. The Balaban J connectivity index is 1.83. The molecule has 1 aromatic carbocycles. The Labute approximate surface area is 112 Å². The molecule has 0 aromatic heterocycles. The summed E-state index contributed by atoms with van der Waals surface area (Å²) in [5, 5.41) is 11.5. The van der Waals surface area contributed by atoms with Gasteiger partial charge in [-0.1, -0.05) is 30.3 Å². The van der Waals surface area contributed by atoms with Gasteiger partial charge in [-0.2, -0.15) is 0 Å². The van der Waals surface area contributed by atoms with Gasteiger partial charge in [0.15, 0.2) is 0 Å². The predicted molar refractivity (Wildman–Crippen MR) is 70.7 cm³/mol. The first-order valence-corrected chi connectivity index (χ1v) is 6.47. The summed E-state index contributed by atoms with van der Waals surface area (Å²) in [6, 6.07) is 9.70. The maximum atomic E-state index is 12.0. The summed E-state index contributed by atoms with van der Waals surface area (Å²) in [5.41, 5.74) is 1.03. The Bertz CT molecular complexity index is 443.